The second kappa shape index (κ2) is 12.1. The van der Waals surface area contributed by atoms with E-state index in [2.05, 4.69) is 34.3 Å². The van der Waals surface area contributed by atoms with Gasteiger partial charge in [-0.3, -0.25) is 0 Å². The van der Waals surface area contributed by atoms with Crippen molar-refractivity contribution >= 4 is 0 Å². The molecule has 3 nitrogen and oxygen atoms in total. The maximum atomic E-state index is 6.37. The molecule has 0 bridgehead atoms. The fourth-order valence-electron chi connectivity index (χ4n) is 3.21. The first-order chi connectivity index (χ1) is 12.0. The van der Waals surface area contributed by atoms with E-state index in [9.17, 15) is 0 Å². The standard InChI is InChI=1S/C22H36O3/c1-6-12-19(4)24-21(18-23-16-8-3)17-22(5,15-7-2)25-20-13-10-9-11-14-20/h8-11,13-14,19,21H,3,6-7,12,15-18H2,1-2,4-5H3. The largest absolute Gasteiger partial charge is 0.487 e. The molecular formula is C22H36O3. The van der Waals surface area contributed by atoms with Gasteiger partial charge in [0.15, 0.2) is 0 Å². The second-order valence-electron chi connectivity index (χ2n) is 7.00. The van der Waals surface area contributed by atoms with E-state index in [1.807, 2.05) is 30.3 Å². The Balaban J connectivity index is 2.79. The Hall–Kier alpha value is -1.32. The number of hydrogen-bond donors (Lipinski definition) is 0. The van der Waals surface area contributed by atoms with E-state index in [0.29, 0.717) is 13.2 Å². The summed E-state index contributed by atoms with van der Waals surface area (Å²) in [6, 6.07) is 10.0. The minimum atomic E-state index is -0.274. The van der Waals surface area contributed by atoms with Crippen LogP contribution < -0.4 is 4.74 Å². The molecular weight excluding hydrogens is 312 g/mol. The lowest BCUT2D eigenvalue weighted by Gasteiger charge is -2.35. The van der Waals surface area contributed by atoms with E-state index in [-0.39, 0.29) is 17.8 Å². The van der Waals surface area contributed by atoms with Crippen LogP contribution in [0.3, 0.4) is 0 Å². The summed E-state index contributed by atoms with van der Waals surface area (Å²) in [5.41, 5.74) is -0.274. The first kappa shape index (κ1) is 21.7. The van der Waals surface area contributed by atoms with E-state index in [4.69, 9.17) is 14.2 Å². The summed E-state index contributed by atoms with van der Waals surface area (Å²) >= 11 is 0. The Morgan fingerprint density at radius 2 is 1.88 bits per heavy atom. The maximum absolute atomic E-state index is 6.37. The quantitative estimate of drug-likeness (QED) is 0.314. The monoisotopic (exact) mass is 348 g/mol. The molecule has 0 aliphatic heterocycles. The zero-order chi connectivity index (χ0) is 18.5. The third-order valence-corrected chi connectivity index (χ3v) is 4.21. The molecule has 0 radical (unpaired) electrons. The van der Waals surface area contributed by atoms with E-state index >= 15 is 0 Å². The summed E-state index contributed by atoms with van der Waals surface area (Å²) in [7, 11) is 0. The number of rotatable bonds is 14. The molecule has 0 spiro atoms. The number of para-hydroxylation sites is 1. The molecule has 1 rings (SSSR count). The lowest BCUT2D eigenvalue weighted by Crippen LogP contribution is -2.40. The van der Waals surface area contributed by atoms with Crippen molar-refractivity contribution in [1.29, 1.82) is 0 Å². The lowest BCUT2D eigenvalue weighted by atomic mass is 9.92. The first-order valence-electron chi connectivity index (χ1n) is 9.61. The van der Waals surface area contributed by atoms with Gasteiger partial charge in [0, 0.05) is 6.42 Å². The molecule has 0 amide bonds. The second-order valence-corrected chi connectivity index (χ2v) is 7.00. The van der Waals surface area contributed by atoms with Crippen LogP contribution in [0.4, 0.5) is 0 Å². The Labute approximate surface area is 154 Å². The molecule has 0 heterocycles. The number of benzene rings is 1. The highest BCUT2D eigenvalue weighted by molar-refractivity contribution is 5.22. The Bertz CT molecular complexity index is 460. The van der Waals surface area contributed by atoms with Crippen molar-refractivity contribution < 1.29 is 14.2 Å². The minimum Gasteiger partial charge on any atom is -0.487 e. The van der Waals surface area contributed by atoms with Gasteiger partial charge in [-0.15, -0.1) is 6.58 Å². The molecule has 1 aromatic carbocycles. The molecule has 0 aliphatic rings. The molecule has 3 atom stereocenters. The van der Waals surface area contributed by atoms with Crippen molar-refractivity contribution in [2.75, 3.05) is 13.2 Å². The average molecular weight is 349 g/mol. The van der Waals surface area contributed by atoms with Gasteiger partial charge < -0.3 is 14.2 Å². The Morgan fingerprint density at radius 1 is 1.16 bits per heavy atom. The van der Waals surface area contributed by atoms with Crippen LogP contribution in [0, 0.1) is 0 Å². The predicted octanol–water partition coefficient (Wildman–Crippen LogP) is 5.79. The Kier molecular flexibility index (Phi) is 10.5. The molecule has 1 aromatic rings. The topological polar surface area (TPSA) is 27.7 Å². The lowest BCUT2D eigenvalue weighted by molar-refractivity contribution is -0.0834. The summed E-state index contributed by atoms with van der Waals surface area (Å²) in [4.78, 5) is 0. The van der Waals surface area contributed by atoms with Crippen LogP contribution in [0.2, 0.25) is 0 Å². The van der Waals surface area contributed by atoms with Crippen molar-refractivity contribution in [3.8, 4) is 5.75 Å². The third kappa shape index (κ3) is 9.08. The Morgan fingerprint density at radius 3 is 2.48 bits per heavy atom. The van der Waals surface area contributed by atoms with Crippen LogP contribution in [-0.2, 0) is 9.47 Å². The van der Waals surface area contributed by atoms with Crippen molar-refractivity contribution in [2.45, 2.75) is 77.6 Å². The highest BCUT2D eigenvalue weighted by Gasteiger charge is 2.31. The average Bonchev–Trinajstić information content (AvgIpc) is 2.56. The smallest absolute Gasteiger partial charge is 0.120 e. The number of hydrogen-bond acceptors (Lipinski definition) is 3. The molecule has 0 saturated carbocycles. The molecule has 3 unspecified atom stereocenters. The van der Waals surface area contributed by atoms with Gasteiger partial charge in [0.05, 0.1) is 25.4 Å². The molecule has 0 N–H and O–H groups in total. The van der Waals surface area contributed by atoms with Crippen LogP contribution in [-0.4, -0.2) is 31.0 Å². The van der Waals surface area contributed by atoms with Gasteiger partial charge in [-0.1, -0.05) is 51.0 Å². The van der Waals surface area contributed by atoms with Crippen LogP contribution in [0.25, 0.3) is 0 Å². The van der Waals surface area contributed by atoms with Gasteiger partial charge in [-0.2, -0.15) is 0 Å². The van der Waals surface area contributed by atoms with Crippen molar-refractivity contribution in [3.63, 3.8) is 0 Å². The molecule has 0 saturated heterocycles. The molecule has 3 heteroatoms. The van der Waals surface area contributed by atoms with E-state index < -0.39 is 0 Å². The number of ether oxygens (including phenoxy) is 3. The van der Waals surface area contributed by atoms with Gasteiger partial charge in [0.2, 0.25) is 0 Å². The molecule has 0 fully saturated rings. The summed E-state index contributed by atoms with van der Waals surface area (Å²) in [6.07, 6.45) is 7.04. The van der Waals surface area contributed by atoms with Gasteiger partial charge in [-0.25, -0.2) is 0 Å². The van der Waals surface area contributed by atoms with Crippen LogP contribution in [0.1, 0.15) is 59.8 Å². The summed E-state index contributed by atoms with van der Waals surface area (Å²) in [5.74, 6) is 0.908. The highest BCUT2D eigenvalue weighted by atomic mass is 16.5. The maximum Gasteiger partial charge on any atom is 0.120 e. The predicted molar refractivity (Wildman–Crippen MR) is 105 cm³/mol. The van der Waals surface area contributed by atoms with E-state index in [0.717, 1.165) is 37.9 Å². The minimum absolute atomic E-state index is 0.0155. The normalized spacial score (nSPS) is 16.0. The summed E-state index contributed by atoms with van der Waals surface area (Å²) < 4.78 is 18.3. The van der Waals surface area contributed by atoms with Gasteiger partial charge >= 0.3 is 0 Å². The van der Waals surface area contributed by atoms with Crippen LogP contribution in [0.5, 0.6) is 5.75 Å². The van der Waals surface area contributed by atoms with Crippen LogP contribution in [0.15, 0.2) is 43.0 Å². The van der Waals surface area contributed by atoms with Crippen LogP contribution >= 0.6 is 0 Å². The molecule has 0 aliphatic carbocycles. The van der Waals surface area contributed by atoms with E-state index in [1.165, 1.54) is 0 Å². The van der Waals surface area contributed by atoms with E-state index in [1.54, 1.807) is 6.08 Å². The van der Waals surface area contributed by atoms with Gasteiger partial charge in [-0.05, 0) is 38.8 Å². The molecule has 142 valence electrons. The zero-order valence-electron chi connectivity index (χ0n) is 16.5. The fraction of sp³-hybridized carbons (Fsp3) is 0.636. The third-order valence-electron chi connectivity index (χ3n) is 4.21. The SMILES string of the molecule is C=CCOCC(CC(C)(CCC)Oc1ccccc1)OC(C)CCC. The van der Waals surface area contributed by atoms with Crippen molar-refractivity contribution in [2.24, 2.45) is 0 Å². The summed E-state index contributed by atoms with van der Waals surface area (Å²) in [6.45, 7) is 13.5. The molecule has 25 heavy (non-hydrogen) atoms. The molecule has 0 aromatic heterocycles. The zero-order valence-corrected chi connectivity index (χ0v) is 16.5. The van der Waals surface area contributed by atoms with Crippen molar-refractivity contribution in [1.82, 2.24) is 0 Å². The summed E-state index contributed by atoms with van der Waals surface area (Å²) in [5, 5.41) is 0. The van der Waals surface area contributed by atoms with Gasteiger partial charge in [0.25, 0.3) is 0 Å². The van der Waals surface area contributed by atoms with Gasteiger partial charge in [0.1, 0.15) is 11.4 Å². The highest BCUT2D eigenvalue weighted by Crippen LogP contribution is 2.28. The van der Waals surface area contributed by atoms with Crippen molar-refractivity contribution in [3.05, 3.63) is 43.0 Å². The fourth-order valence-corrected chi connectivity index (χ4v) is 3.21. The first-order valence-corrected chi connectivity index (χ1v) is 9.61.